The Morgan fingerprint density at radius 3 is 3.20 bits per heavy atom. The SMILES string of the molecule is c1cc2c(c(-c3n[nH]c(C4CCOC4)n3)c1)NCCC2. The third-order valence-electron chi connectivity index (χ3n) is 4.14. The molecule has 0 spiro atoms. The van der Waals surface area contributed by atoms with Gasteiger partial charge in [0, 0.05) is 30.3 Å². The van der Waals surface area contributed by atoms with E-state index in [1.807, 2.05) is 0 Å². The van der Waals surface area contributed by atoms with Gasteiger partial charge in [-0.2, -0.15) is 5.10 Å². The van der Waals surface area contributed by atoms with E-state index in [0.29, 0.717) is 5.92 Å². The maximum absolute atomic E-state index is 5.42. The number of nitrogens with one attached hydrogen (secondary N) is 2. The molecule has 2 N–H and O–H groups in total. The number of benzene rings is 1. The first-order valence-electron chi connectivity index (χ1n) is 7.28. The van der Waals surface area contributed by atoms with Gasteiger partial charge in [0.05, 0.1) is 6.61 Å². The van der Waals surface area contributed by atoms with Gasteiger partial charge in [0.1, 0.15) is 5.82 Å². The number of para-hydroxylation sites is 1. The number of fused-ring (bicyclic) bond motifs is 1. The Morgan fingerprint density at radius 1 is 1.30 bits per heavy atom. The summed E-state index contributed by atoms with van der Waals surface area (Å²) in [6.07, 6.45) is 3.35. The summed E-state index contributed by atoms with van der Waals surface area (Å²) in [5, 5.41) is 11.0. The molecule has 0 radical (unpaired) electrons. The van der Waals surface area contributed by atoms with Gasteiger partial charge in [-0.15, -0.1) is 0 Å². The molecule has 104 valence electrons. The van der Waals surface area contributed by atoms with Gasteiger partial charge < -0.3 is 10.1 Å². The molecule has 2 aliphatic rings. The molecule has 4 rings (SSSR count). The summed E-state index contributed by atoms with van der Waals surface area (Å²) in [6, 6.07) is 6.37. The van der Waals surface area contributed by atoms with Crippen LogP contribution in [0.4, 0.5) is 5.69 Å². The predicted molar refractivity (Wildman–Crippen MR) is 76.8 cm³/mol. The maximum atomic E-state index is 5.42. The number of aromatic nitrogens is 3. The Kier molecular flexibility index (Phi) is 2.92. The maximum Gasteiger partial charge on any atom is 0.183 e. The Morgan fingerprint density at radius 2 is 2.30 bits per heavy atom. The van der Waals surface area contributed by atoms with Crippen molar-refractivity contribution in [1.29, 1.82) is 0 Å². The predicted octanol–water partition coefficient (Wildman–Crippen LogP) is 2.33. The molecule has 20 heavy (non-hydrogen) atoms. The molecule has 1 atom stereocenters. The van der Waals surface area contributed by atoms with Gasteiger partial charge in [-0.25, -0.2) is 4.98 Å². The van der Waals surface area contributed by atoms with Crippen molar-refractivity contribution in [2.45, 2.75) is 25.2 Å². The Hall–Kier alpha value is -1.88. The Labute approximate surface area is 117 Å². The van der Waals surface area contributed by atoms with E-state index in [-0.39, 0.29) is 0 Å². The number of hydrogen-bond donors (Lipinski definition) is 2. The lowest BCUT2D eigenvalue weighted by Gasteiger charge is -2.19. The highest BCUT2D eigenvalue weighted by atomic mass is 16.5. The smallest absolute Gasteiger partial charge is 0.183 e. The van der Waals surface area contributed by atoms with Gasteiger partial charge in [0.15, 0.2) is 5.82 Å². The average Bonchev–Trinajstić information content (AvgIpc) is 3.17. The fraction of sp³-hybridized carbons (Fsp3) is 0.467. The first kappa shape index (κ1) is 11.9. The Balaban J connectivity index is 1.70. The van der Waals surface area contributed by atoms with E-state index in [1.165, 1.54) is 17.7 Å². The molecule has 1 saturated heterocycles. The van der Waals surface area contributed by atoms with Gasteiger partial charge in [0.25, 0.3) is 0 Å². The van der Waals surface area contributed by atoms with E-state index >= 15 is 0 Å². The van der Waals surface area contributed by atoms with Crippen molar-refractivity contribution in [2.75, 3.05) is 25.1 Å². The number of hydrogen-bond acceptors (Lipinski definition) is 4. The van der Waals surface area contributed by atoms with E-state index < -0.39 is 0 Å². The molecule has 1 fully saturated rings. The van der Waals surface area contributed by atoms with Gasteiger partial charge in [-0.3, -0.25) is 5.10 Å². The van der Waals surface area contributed by atoms with Gasteiger partial charge >= 0.3 is 0 Å². The molecule has 5 heteroatoms. The van der Waals surface area contributed by atoms with Crippen molar-refractivity contribution in [3.05, 3.63) is 29.6 Å². The normalized spacial score (nSPS) is 21.5. The zero-order valence-electron chi connectivity index (χ0n) is 11.4. The monoisotopic (exact) mass is 270 g/mol. The fourth-order valence-corrected chi connectivity index (χ4v) is 3.02. The van der Waals surface area contributed by atoms with Crippen molar-refractivity contribution in [2.24, 2.45) is 0 Å². The third-order valence-corrected chi connectivity index (χ3v) is 4.14. The summed E-state index contributed by atoms with van der Waals surface area (Å²) in [5.74, 6) is 2.10. The summed E-state index contributed by atoms with van der Waals surface area (Å²) in [6.45, 7) is 2.60. The summed E-state index contributed by atoms with van der Waals surface area (Å²) in [7, 11) is 0. The third kappa shape index (κ3) is 1.98. The zero-order valence-corrected chi connectivity index (χ0v) is 11.4. The molecule has 1 aromatic carbocycles. The van der Waals surface area contributed by atoms with Crippen molar-refractivity contribution in [3.8, 4) is 11.4 Å². The van der Waals surface area contributed by atoms with Crippen LogP contribution in [0.2, 0.25) is 0 Å². The minimum atomic E-state index is 0.365. The van der Waals surface area contributed by atoms with Crippen LogP contribution in [0.15, 0.2) is 18.2 Å². The van der Waals surface area contributed by atoms with Crippen LogP contribution >= 0.6 is 0 Å². The summed E-state index contributed by atoms with van der Waals surface area (Å²) < 4.78 is 5.42. The highest BCUT2D eigenvalue weighted by Gasteiger charge is 2.23. The van der Waals surface area contributed by atoms with E-state index in [4.69, 9.17) is 4.74 Å². The van der Waals surface area contributed by atoms with Gasteiger partial charge in [-0.1, -0.05) is 12.1 Å². The lowest BCUT2D eigenvalue weighted by atomic mass is 9.99. The number of anilines is 1. The molecule has 0 saturated carbocycles. The first-order valence-corrected chi connectivity index (χ1v) is 7.28. The number of rotatable bonds is 2. The quantitative estimate of drug-likeness (QED) is 0.879. The summed E-state index contributed by atoms with van der Waals surface area (Å²) in [5.41, 5.74) is 3.67. The van der Waals surface area contributed by atoms with Crippen LogP contribution in [0.5, 0.6) is 0 Å². The average molecular weight is 270 g/mol. The molecule has 0 amide bonds. The van der Waals surface area contributed by atoms with Crippen LogP contribution in [0.25, 0.3) is 11.4 Å². The van der Waals surface area contributed by atoms with Crippen LogP contribution in [0, 0.1) is 0 Å². The van der Waals surface area contributed by atoms with E-state index in [0.717, 1.165) is 49.8 Å². The number of aryl methyl sites for hydroxylation is 1. The molecular formula is C15H18N4O. The minimum Gasteiger partial charge on any atom is -0.384 e. The van der Waals surface area contributed by atoms with Crippen molar-refractivity contribution >= 4 is 5.69 Å². The Bertz CT molecular complexity index is 616. The highest BCUT2D eigenvalue weighted by Crippen LogP contribution is 2.33. The van der Waals surface area contributed by atoms with E-state index in [9.17, 15) is 0 Å². The molecule has 0 aliphatic carbocycles. The largest absolute Gasteiger partial charge is 0.384 e. The molecule has 2 aliphatic heterocycles. The second-order valence-electron chi connectivity index (χ2n) is 5.47. The number of H-pyrrole nitrogens is 1. The molecule has 1 unspecified atom stereocenters. The molecule has 0 bridgehead atoms. The zero-order chi connectivity index (χ0) is 13.4. The molecule has 2 aromatic rings. The fourth-order valence-electron chi connectivity index (χ4n) is 3.02. The number of nitrogens with zero attached hydrogens (tertiary/aromatic N) is 2. The lowest BCUT2D eigenvalue weighted by Crippen LogP contribution is -2.12. The van der Waals surface area contributed by atoms with Crippen LogP contribution < -0.4 is 5.32 Å². The second-order valence-corrected chi connectivity index (χ2v) is 5.47. The van der Waals surface area contributed by atoms with Crippen LogP contribution in [0.1, 0.15) is 30.1 Å². The topological polar surface area (TPSA) is 62.8 Å². The van der Waals surface area contributed by atoms with Crippen LogP contribution in [-0.2, 0) is 11.2 Å². The number of aromatic amines is 1. The van der Waals surface area contributed by atoms with Crippen molar-refractivity contribution in [3.63, 3.8) is 0 Å². The lowest BCUT2D eigenvalue weighted by molar-refractivity contribution is 0.193. The minimum absolute atomic E-state index is 0.365. The van der Waals surface area contributed by atoms with Crippen LogP contribution in [-0.4, -0.2) is 34.9 Å². The van der Waals surface area contributed by atoms with Crippen molar-refractivity contribution in [1.82, 2.24) is 15.2 Å². The molecule has 1 aromatic heterocycles. The summed E-state index contributed by atoms with van der Waals surface area (Å²) >= 11 is 0. The van der Waals surface area contributed by atoms with Crippen molar-refractivity contribution < 1.29 is 4.74 Å². The van der Waals surface area contributed by atoms with E-state index in [2.05, 4.69) is 38.7 Å². The molecular weight excluding hydrogens is 252 g/mol. The second kappa shape index (κ2) is 4.90. The summed E-state index contributed by atoms with van der Waals surface area (Å²) in [4.78, 5) is 4.68. The molecule has 5 nitrogen and oxygen atoms in total. The highest BCUT2D eigenvalue weighted by molar-refractivity contribution is 5.77. The van der Waals surface area contributed by atoms with Gasteiger partial charge in [0.2, 0.25) is 0 Å². The van der Waals surface area contributed by atoms with E-state index in [1.54, 1.807) is 0 Å². The van der Waals surface area contributed by atoms with Crippen LogP contribution in [0.3, 0.4) is 0 Å². The first-order chi connectivity index (χ1) is 9.92. The molecule has 3 heterocycles. The standard InChI is InChI=1S/C15H18N4O/c1-3-10-4-2-7-16-13(10)12(5-1)15-17-14(18-19-15)11-6-8-20-9-11/h1,3,5,11,16H,2,4,6-9H2,(H,17,18,19). The number of ether oxygens (including phenoxy) is 1. The van der Waals surface area contributed by atoms with Gasteiger partial charge in [-0.05, 0) is 30.9 Å².